The van der Waals surface area contributed by atoms with Crippen LogP contribution in [-0.4, -0.2) is 15.0 Å². The van der Waals surface area contributed by atoms with Crippen LogP contribution in [-0.2, 0) is 0 Å². The van der Waals surface area contributed by atoms with E-state index in [1.807, 2.05) is 0 Å². The smallest absolute Gasteiger partial charge is 0.158 e. The van der Waals surface area contributed by atoms with Crippen molar-refractivity contribution < 1.29 is 0 Å². The zero-order valence-electron chi connectivity index (χ0n) is 7.15. The molecule has 0 radical (unpaired) electrons. The molecule has 0 unspecified atom stereocenters. The van der Waals surface area contributed by atoms with Crippen LogP contribution in [0.15, 0.2) is 20.9 Å². The molecule has 4 nitrogen and oxygen atoms in total. The zero-order chi connectivity index (χ0) is 10.8. The molecule has 0 amide bonds. The lowest BCUT2D eigenvalue weighted by molar-refractivity contribution is 1.07. The van der Waals surface area contributed by atoms with Crippen molar-refractivity contribution >= 4 is 52.1 Å². The highest BCUT2D eigenvalue weighted by Gasteiger charge is 2.08. The summed E-state index contributed by atoms with van der Waals surface area (Å²) < 4.78 is 0.767. The van der Waals surface area contributed by atoms with E-state index in [0.717, 1.165) is 4.34 Å². The maximum Gasteiger partial charge on any atom is 0.158 e. The van der Waals surface area contributed by atoms with Gasteiger partial charge in [0.25, 0.3) is 0 Å². The molecule has 0 bridgehead atoms. The molecule has 2 rings (SSSR count). The summed E-state index contributed by atoms with van der Waals surface area (Å²) in [5, 5.41) is 3.05. The SMILES string of the molecule is Nc1nc(Cl)cnc1Sc1nc(Cl)cs1. The lowest BCUT2D eigenvalue weighted by Gasteiger charge is -2.00. The maximum atomic E-state index is 5.69. The molecule has 0 aromatic carbocycles. The summed E-state index contributed by atoms with van der Waals surface area (Å²) in [6.07, 6.45) is 1.44. The Labute approximate surface area is 104 Å². The summed E-state index contributed by atoms with van der Waals surface area (Å²) in [6.45, 7) is 0. The Morgan fingerprint density at radius 1 is 1.27 bits per heavy atom. The van der Waals surface area contributed by atoms with Gasteiger partial charge in [-0.1, -0.05) is 23.2 Å². The molecular formula is C7H4Cl2N4S2. The van der Waals surface area contributed by atoms with E-state index >= 15 is 0 Å². The molecule has 2 N–H and O–H groups in total. The fourth-order valence-corrected chi connectivity index (χ4v) is 2.82. The van der Waals surface area contributed by atoms with Crippen LogP contribution >= 0.6 is 46.3 Å². The minimum absolute atomic E-state index is 0.272. The highest BCUT2D eigenvalue weighted by molar-refractivity contribution is 8.01. The molecule has 0 aliphatic heterocycles. The zero-order valence-corrected chi connectivity index (χ0v) is 10.3. The third kappa shape index (κ3) is 2.72. The first-order valence-corrected chi connectivity index (χ1v) is 6.17. The quantitative estimate of drug-likeness (QED) is 0.915. The van der Waals surface area contributed by atoms with Gasteiger partial charge in [0.2, 0.25) is 0 Å². The minimum Gasteiger partial charge on any atom is -0.381 e. The number of anilines is 1. The second kappa shape index (κ2) is 4.52. The molecule has 78 valence electrons. The fourth-order valence-electron chi connectivity index (χ4n) is 0.817. The van der Waals surface area contributed by atoms with E-state index in [1.54, 1.807) is 5.38 Å². The predicted octanol–water partition coefficient (Wildman–Crippen LogP) is 2.97. The number of rotatable bonds is 2. The van der Waals surface area contributed by atoms with E-state index in [4.69, 9.17) is 28.9 Å². The summed E-state index contributed by atoms with van der Waals surface area (Å²) in [5.74, 6) is 0.291. The van der Waals surface area contributed by atoms with Gasteiger partial charge in [-0.3, -0.25) is 0 Å². The molecule has 0 fully saturated rings. The molecular weight excluding hydrogens is 275 g/mol. The Kier molecular flexibility index (Phi) is 3.30. The largest absolute Gasteiger partial charge is 0.381 e. The van der Waals surface area contributed by atoms with Crippen LogP contribution in [0.4, 0.5) is 5.82 Å². The van der Waals surface area contributed by atoms with E-state index in [2.05, 4.69) is 15.0 Å². The maximum absolute atomic E-state index is 5.69. The molecule has 2 heterocycles. The van der Waals surface area contributed by atoms with Crippen LogP contribution < -0.4 is 5.73 Å². The van der Waals surface area contributed by atoms with E-state index in [9.17, 15) is 0 Å². The molecule has 2 aromatic heterocycles. The fraction of sp³-hybridized carbons (Fsp3) is 0. The van der Waals surface area contributed by atoms with Crippen molar-refractivity contribution in [3.8, 4) is 0 Å². The van der Waals surface area contributed by atoms with E-state index in [1.165, 1.54) is 29.3 Å². The van der Waals surface area contributed by atoms with Gasteiger partial charge in [0.05, 0.1) is 6.20 Å². The molecule has 0 aliphatic rings. The highest BCUT2D eigenvalue weighted by Crippen LogP contribution is 2.32. The van der Waals surface area contributed by atoms with E-state index in [-0.39, 0.29) is 5.15 Å². The summed E-state index contributed by atoms with van der Waals surface area (Å²) in [4.78, 5) is 12.0. The lowest BCUT2D eigenvalue weighted by atomic mass is 10.7. The van der Waals surface area contributed by atoms with Crippen LogP contribution in [0.5, 0.6) is 0 Å². The Bertz CT molecular complexity index is 488. The van der Waals surface area contributed by atoms with Crippen molar-refractivity contribution in [3.05, 3.63) is 21.9 Å². The highest BCUT2D eigenvalue weighted by atomic mass is 35.5. The average molecular weight is 279 g/mol. The molecule has 0 spiro atoms. The topological polar surface area (TPSA) is 64.7 Å². The van der Waals surface area contributed by atoms with Crippen LogP contribution in [0.2, 0.25) is 10.3 Å². The van der Waals surface area contributed by atoms with Gasteiger partial charge in [0.1, 0.15) is 15.3 Å². The number of hydrogen-bond acceptors (Lipinski definition) is 6. The molecule has 15 heavy (non-hydrogen) atoms. The van der Waals surface area contributed by atoms with Crippen LogP contribution in [0, 0.1) is 0 Å². The van der Waals surface area contributed by atoms with Crippen LogP contribution in [0.3, 0.4) is 0 Å². The van der Waals surface area contributed by atoms with Gasteiger partial charge in [-0.25, -0.2) is 15.0 Å². The monoisotopic (exact) mass is 278 g/mol. The molecule has 0 saturated heterocycles. The lowest BCUT2D eigenvalue weighted by Crippen LogP contribution is -1.95. The number of hydrogen-bond donors (Lipinski definition) is 1. The number of thiazole rings is 1. The predicted molar refractivity (Wildman–Crippen MR) is 62.7 cm³/mol. The Hall–Kier alpha value is -0.560. The summed E-state index contributed by atoms with van der Waals surface area (Å²) in [5.41, 5.74) is 5.64. The summed E-state index contributed by atoms with van der Waals surface area (Å²) in [6, 6.07) is 0. The normalized spacial score (nSPS) is 10.5. The van der Waals surface area contributed by atoms with E-state index in [0.29, 0.717) is 16.0 Å². The molecule has 0 atom stereocenters. The Balaban J connectivity index is 2.24. The first-order chi connectivity index (χ1) is 7.15. The van der Waals surface area contributed by atoms with E-state index < -0.39 is 0 Å². The van der Waals surface area contributed by atoms with Gasteiger partial charge in [-0.15, -0.1) is 11.3 Å². The molecule has 0 aliphatic carbocycles. The van der Waals surface area contributed by atoms with Crippen molar-refractivity contribution in [1.82, 2.24) is 15.0 Å². The first kappa shape index (κ1) is 10.9. The molecule has 2 aromatic rings. The van der Waals surface area contributed by atoms with Crippen molar-refractivity contribution in [2.75, 3.05) is 5.73 Å². The van der Waals surface area contributed by atoms with Gasteiger partial charge in [-0.2, -0.15) is 0 Å². The second-order valence-corrected chi connectivity index (χ2v) is 5.29. The average Bonchev–Trinajstić information content (AvgIpc) is 2.56. The van der Waals surface area contributed by atoms with Gasteiger partial charge in [0.15, 0.2) is 10.2 Å². The van der Waals surface area contributed by atoms with Crippen molar-refractivity contribution in [2.45, 2.75) is 9.37 Å². The van der Waals surface area contributed by atoms with Gasteiger partial charge in [-0.05, 0) is 11.8 Å². The molecule has 8 heteroatoms. The van der Waals surface area contributed by atoms with Crippen LogP contribution in [0.1, 0.15) is 0 Å². The molecule has 0 saturated carbocycles. The summed E-state index contributed by atoms with van der Waals surface area (Å²) in [7, 11) is 0. The number of nitrogen functional groups attached to an aromatic ring is 1. The third-order valence-electron chi connectivity index (χ3n) is 1.37. The number of halogens is 2. The van der Waals surface area contributed by atoms with Gasteiger partial charge >= 0.3 is 0 Å². The van der Waals surface area contributed by atoms with Gasteiger partial charge < -0.3 is 5.73 Å². The minimum atomic E-state index is 0.272. The van der Waals surface area contributed by atoms with Crippen molar-refractivity contribution in [1.29, 1.82) is 0 Å². The first-order valence-electron chi connectivity index (χ1n) is 3.72. The Morgan fingerprint density at radius 3 is 2.67 bits per heavy atom. The second-order valence-electron chi connectivity index (χ2n) is 2.42. The van der Waals surface area contributed by atoms with Gasteiger partial charge in [0, 0.05) is 5.38 Å². The van der Waals surface area contributed by atoms with Crippen LogP contribution in [0.25, 0.3) is 0 Å². The van der Waals surface area contributed by atoms with Crippen molar-refractivity contribution in [2.24, 2.45) is 0 Å². The number of nitrogens with zero attached hydrogens (tertiary/aromatic N) is 3. The Morgan fingerprint density at radius 2 is 2.07 bits per heavy atom. The standard InChI is InChI=1S/C7H4Cl2N4S2/c8-3-1-11-6(5(10)12-3)15-7-13-4(9)2-14-7/h1-2H,(H2,10,12). The number of aromatic nitrogens is 3. The van der Waals surface area contributed by atoms with Crippen molar-refractivity contribution in [3.63, 3.8) is 0 Å². The summed E-state index contributed by atoms with van der Waals surface area (Å²) >= 11 is 14.0. The third-order valence-corrected chi connectivity index (χ3v) is 3.83. The number of nitrogens with two attached hydrogens (primary N) is 1.